The predicted molar refractivity (Wildman–Crippen MR) is 89.4 cm³/mol. The Hall–Kier alpha value is -3.56. The van der Waals surface area contributed by atoms with E-state index in [0.717, 1.165) is 0 Å². The van der Waals surface area contributed by atoms with Crippen molar-refractivity contribution >= 4 is 23.2 Å². The first-order valence-corrected chi connectivity index (χ1v) is 7.25. The van der Waals surface area contributed by atoms with E-state index >= 15 is 0 Å². The highest BCUT2D eigenvalue weighted by Gasteiger charge is 2.16. The highest BCUT2D eigenvalue weighted by Crippen LogP contribution is 2.27. The van der Waals surface area contributed by atoms with Gasteiger partial charge in [0.1, 0.15) is 0 Å². The zero-order valence-corrected chi connectivity index (χ0v) is 13.9. The van der Waals surface area contributed by atoms with Gasteiger partial charge in [0.15, 0.2) is 23.1 Å². The van der Waals surface area contributed by atoms with Gasteiger partial charge in [-0.1, -0.05) is 12.1 Å². The molecular weight excluding hydrogens is 350 g/mol. The molecule has 4 N–H and O–H groups in total. The number of hydrazine groups is 2. The number of para-hydroxylation sites is 2. The normalized spacial score (nSPS) is 9.85. The molecule has 2 rings (SSSR count). The first-order valence-electron chi connectivity index (χ1n) is 7.25. The summed E-state index contributed by atoms with van der Waals surface area (Å²) in [5, 5.41) is 0. The van der Waals surface area contributed by atoms with E-state index in [0.29, 0.717) is 0 Å². The standard InChI is InChI=1S/C16H16F2N4O4/c1-25-13-9(17)5-3-7-11(13)19-21-15(23)16(24)22-20-12-8-4-6-10(18)14(12)26-2/h3-8,19-20H,1-2H3,(H,21,23)(H,22,24). The van der Waals surface area contributed by atoms with Gasteiger partial charge in [0.25, 0.3) is 0 Å². The molecule has 0 fully saturated rings. The Balaban J connectivity index is 1.94. The van der Waals surface area contributed by atoms with Crippen LogP contribution in [0.4, 0.5) is 20.2 Å². The van der Waals surface area contributed by atoms with Crippen molar-refractivity contribution < 1.29 is 27.8 Å². The van der Waals surface area contributed by atoms with Gasteiger partial charge in [-0.15, -0.1) is 0 Å². The van der Waals surface area contributed by atoms with Gasteiger partial charge in [0.2, 0.25) is 0 Å². The molecule has 2 amide bonds. The second kappa shape index (κ2) is 8.51. The molecule has 2 aromatic carbocycles. The van der Waals surface area contributed by atoms with Crippen LogP contribution in [-0.4, -0.2) is 26.0 Å². The highest BCUT2D eigenvalue weighted by molar-refractivity contribution is 6.35. The monoisotopic (exact) mass is 366 g/mol. The fourth-order valence-corrected chi connectivity index (χ4v) is 1.99. The Bertz CT molecular complexity index is 749. The maximum Gasteiger partial charge on any atom is 0.329 e. The number of anilines is 2. The van der Waals surface area contributed by atoms with E-state index in [9.17, 15) is 18.4 Å². The molecular formula is C16H16F2N4O4. The van der Waals surface area contributed by atoms with Crippen LogP contribution in [-0.2, 0) is 9.59 Å². The molecule has 10 heteroatoms. The predicted octanol–water partition coefficient (Wildman–Crippen LogP) is 1.57. The average Bonchev–Trinajstić information content (AvgIpc) is 2.64. The molecule has 0 aliphatic heterocycles. The number of carbonyl (C=O) groups excluding carboxylic acids is 2. The van der Waals surface area contributed by atoms with Crippen molar-refractivity contribution in [3.05, 3.63) is 48.0 Å². The number of halogens is 2. The fourth-order valence-electron chi connectivity index (χ4n) is 1.99. The molecule has 0 atom stereocenters. The molecule has 8 nitrogen and oxygen atoms in total. The summed E-state index contributed by atoms with van der Waals surface area (Å²) < 4.78 is 36.8. The first kappa shape index (κ1) is 18.8. The van der Waals surface area contributed by atoms with Crippen LogP contribution in [0.2, 0.25) is 0 Å². The lowest BCUT2D eigenvalue weighted by Crippen LogP contribution is -2.44. The first-order chi connectivity index (χ1) is 12.5. The summed E-state index contributed by atoms with van der Waals surface area (Å²) in [5.41, 5.74) is 9.16. The van der Waals surface area contributed by atoms with Crippen LogP contribution < -0.4 is 31.2 Å². The number of benzene rings is 2. The zero-order chi connectivity index (χ0) is 19.1. The fraction of sp³-hybridized carbons (Fsp3) is 0.125. The minimum Gasteiger partial charge on any atom is -0.492 e. The number of carbonyl (C=O) groups is 2. The zero-order valence-electron chi connectivity index (χ0n) is 13.9. The van der Waals surface area contributed by atoms with E-state index < -0.39 is 23.4 Å². The van der Waals surface area contributed by atoms with Crippen LogP contribution in [0.3, 0.4) is 0 Å². The molecule has 0 saturated heterocycles. The lowest BCUT2D eigenvalue weighted by molar-refractivity contribution is -0.138. The third-order valence-electron chi connectivity index (χ3n) is 3.17. The van der Waals surface area contributed by atoms with Crippen molar-refractivity contribution in [1.82, 2.24) is 10.9 Å². The van der Waals surface area contributed by atoms with Crippen molar-refractivity contribution in [2.75, 3.05) is 25.1 Å². The number of methoxy groups -OCH3 is 2. The van der Waals surface area contributed by atoms with Crippen LogP contribution in [0.25, 0.3) is 0 Å². The van der Waals surface area contributed by atoms with Gasteiger partial charge in [0.05, 0.1) is 25.6 Å². The number of hydrogen-bond acceptors (Lipinski definition) is 6. The summed E-state index contributed by atoms with van der Waals surface area (Å²) in [5.74, 6) is -3.71. The molecule has 0 unspecified atom stereocenters. The summed E-state index contributed by atoms with van der Waals surface area (Å²) in [6.45, 7) is 0. The Kier molecular flexibility index (Phi) is 6.15. The summed E-state index contributed by atoms with van der Waals surface area (Å²) in [7, 11) is 2.52. The van der Waals surface area contributed by atoms with E-state index in [2.05, 4.69) is 21.7 Å². The molecule has 138 valence electrons. The molecule has 0 bridgehead atoms. The number of nitrogens with one attached hydrogen (secondary N) is 4. The SMILES string of the molecule is COc1c(F)cccc1NNC(=O)C(=O)NNc1cccc(F)c1OC. The largest absolute Gasteiger partial charge is 0.492 e. The highest BCUT2D eigenvalue weighted by atomic mass is 19.1. The van der Waals surface area contributed by atoms with Crippen LogP contribution in [0, 0.1) is 11.6 Å². The molecule has 0 heterocycles. The van der Waals surface area contributed by atoms with Crippen molar-refractivity contribution in [3.8, 4) is 11.5 Å². The van der Waals surface area contributed by atoms with E-state index in [-0.39, 0.29) is 22.9 Å². The lowest BCUT2D eigenvalue weighted by atomic mass is 10.3. The van der Waals surface area contributed by atoms with Crippen molar-refractivity contribution in [3.63, 3.8) is 0 Å². The summed E-state index contributed by atoms with van der Waals surface area (Å²) in [6, 6.07) is 8.02. The maximum absolute atomic E-state index is 13.5. The molecule has 0 spiro atoms. The Morgan fingerprint density at radius 2 is 1.15 bits per heavy atom. The van der Waals surface area contributed by atoms with Gasteiger partial charge < -0.3 is 9.47 Å². The molecule has 0 aliphatic carbocycles. The summed E-state index contributed by atoms with van der Waals surface area (Å²) in [6.07, 6.45) is 0. The number of rotatable bonds is 6. The minimum atomic E-state index is -1.08. The third-order valence-corrected chi connectivity index (χ3v) is 3.17. The van der Waals surface area contributed by atoms with Gasteiger partial charge in [-0.2, -0.15) is 0 Å². The quantitative estimate of drug-likeness (QED) is 0.457. The van der Waals surface area contributed by atoms with Crippen LogP contribution in [0.5, 0.6) is 11.5 Å². The van der Waals surface area contributed by atoms with Gasteiger partial charge >= 0.3 is 11.8 Å². The summed E-state index contributed by atoms with van der Waals surface area (Å²) >= 11 is 0. The number of amides is 2. The molecule has 26 heavy (non-hydrogen) atoms. The second-order valence-corrected chi connectivity index (χ2v) is 4.80. The van der Waals surface area contributed by atoms with Gasteiger partial charge in [-0.3, -0.25) is 31.3 Å². The van der Waals surface area contributed by atoms with Gasteiger partial charge in [-0.05, 0) is 24.3 Å². The maximum atomic E-state index is 13.5. The van der Waals surface area contributed by atoms with Crippen molar-refractivity contribution in [1.29, 1.82) is 0 Å². The summed E-state index contributed by atoms with van der Waals surface area (Å²) in [4.78, 5) is 23.6. The Morgan fingerprint density at radius 3 is 1.50 bits per heavy atom. The smallest absolute Gasteiger partial charge is 0.329 e. The molecule has 0 aliphatic rings. The second-order valence-electron chi connectivity index (χ2n) is 4.80. The Labute approximate surface area is 147 Å². The average molecular weight is 366 g/mol. The van der Waals surface area contributed by atoms with Crippen LogP contribution >= 0.6 is 0 Å². The molecule has 2 aromatic rings. The van der Waals surface area contributed by atoms with E-state index in [4.69, 9.17) is 9.47 Å². The van der Waals surface area contributed by atoms with E-state index in [1.54, 1.807) is 0 Å². The Morgan fingerprint density at radius 1 is 0.769 bits per heavy atom. The number of ether oxygens (including phenoxy) is 2. The minimum absolute atomic E-state index is 0.119. The van der Waals surface area contributed by atoms with E-state index in [1.807, 2.05) is 0 Å². The van der Waals surface area contributed by atoms with Gasteiger partial charge in [0, 0.05) is 0 Å². The molecule has 0 saturated carbocycles. The van der Waals surface area contributed by atoms with Crippen molar-refractivity contribution in [2.24, 2.45) is 0 Å². The topological polar surface area (TPSA) is 101 Å². The van der Waals surface area contributed by atoms with E-state index in [1.165, 1.54) is 50.6 Å². The number of hydrogen-bond donors (Lipinski definition) is 4. The van der Waals surface area contributed by atoms with Crippen LogP contribution in [0.15, 0.2) is 36.4 Å². The van der Waals surface area contributed by atoms with Gasteiger partial charge in [-0.25, -0.2) is 8.78 Å². The molecule has 0 radical (unpaired) electrons. The molecule has 0 aromatic heterocycles. The van der Waals surface area contributed by atoms with Crippen molar-refractivity contribution in [2.45, 2.75) is 0 Å². The van der Waals surface area contributed by atoms with Crippen LogP contribution in [0.1, 0.15) is 0 Å². The lowest BCUT2D eigenvalue weighted by Gasteiger charge is -2.14. The third kappa shape index (κ3) is 4.29.